The lowest BCUT2D eigenvalue weighted by atomic mass is 9.98. The molecule has 0 aromatic heterocycles. The molecule has 4 N–H and O–H groups in total. The molecule has 2 aromatic carbocycles. The van der Waals surface area contributed by atoms with Crippen molar-refractivity contribution in [2.75, 3.05) is 4.72 Å². The van der Waals surface area contributed by atoms with Crippen molar-refractivity contribution in [1.29, 1.82) is 0 Å². The molecule has 1 amide bonds. The number of benzene rings is 2. The Balaban J connectivity index is 2.41. The van der Waals surface area contributed by atoms with E-state index in [9.17, 15) is 13.2 Å². The van der Waals surface area contributed by atoms with E-state index >= 15 is 0 Å². The molecule has 0 spiro atoms. The normalized spacial score (nSPS) is 11.8. The Kier molecular flexibility index (Phi) is 5.09. The van der Waals surface area contributed by atoms with Crippen molar-refractivity contribution in [3.8, 4) is 0 Å². The van der Waals surface area contributed by atoms with Crippen LogP contribution in [0.2, 0.25) is 0 Å². The highest BCUT2D eigenvalue weighted by Crippen LogP contribution is 2.17. The second kappa shape index (κ2) is 7.03. The zero-order chi connectivity index (χ0) is 16.9. The summed E-state index contributed by atoms with van der Waals surface area (Å²) in [6.45, 7) is 1.93. The quantitative estimate of drug-likeness (QED) is 0.418. The number of carbonyl (C=O) groups is 1. The number of hydrogen-bond donors (Lipinski definition) is 3. The van der Waals surface area contributed by atoms with Gasteiger partial charge in [0.15, 0.2) is 0 Å². The molecule has 23 heavy (non-hydrogen) atoms. The Hall–Kier alpha value is -2.71. The zero-order valence-electron chi connectivity index (χ0n) is 12.4. The van der Waals surface area contributed by atoms with Gasteiger partial charge in [-0.1, -0.05) is 36.4 Å². The lowest BCUT2D eigenvalue weighted by Gasteiger charge is -2.11. The van der Waals surface area contributed by atoms with Crippen LogP contribution in [0.4, 0.5) is 5.69 Å². The van der Waals surface area contributed by atoms with E-state index in [1.165, 1.54) is 0 Å². The largest absolute Gasteiger partial charge is 0.296 e. The fourth-order valence-electron chi connectivity index (χ4n) is 2.07. The molecule has 0 heterocycles. The minimum atomic E-state index is -3.82. The van der Waals surface area contributed by atoms with Crippen LogP contribution in [0.5, 0.6) is 0 Å². The van der Waals surface area contributed by atoms with Crippen LogP contribution in [0.1, 0.15) is 16.7 Å². The van der Waals surface area contributed by atoms with E-state index in [4.69, 9.17) is 5.14 Å². The van der Waals surface area contributed by atoms with Gasteiger partial charge in [-0.3, -0.25) is 9.52 Å². The van der Waals surface area contributed by atoms with Gasteiger partial charge >= 0.3 is 0 Å². The van der Waals surface area contributed by atoms with E-state index in [1.807, 2.05) is 31.2 Å². The van der Waals surface area contributed by atoms with E-state index in [2.05, 4.69) is 15.2 Å². The second-order valence-corrected chi connectivity index (χ2v) is 6.04. The predicted molar refractivity (Wildman–Crippen MR) is 89.2 cm³/mol. The van der Waals surface area contributed by atoms with Gasteiger partial charge in [-0.25, -0.2) is 10.6 Å². The Morgan fingerprint density at radius 1 is 1.13 bits per heavy atom. The second-order valence-electron chi connectivity index (χ2n) is 4.75. The van der Waals surface area contributed by atoms with Crippen LogP contribution >= 0.6 is 0 Å². The van der Waals surface area contributed by atoms with E-state index in [0.29, 0.717) is 23.4 Å². The maximum absolute atomic E-state index is 11.0. The van der Waals surface area contributed by atoms with Gasteiger partial charge in [0.2, 0.25) is 6.41 Å². The van der Waals surface area contributed by atoms with Crippen molar-refractivity contribution >= 4 is 28.0 Å². The third-order valence-electron chi connectivity index (χ3n) is 3.05. The number of carbonyl (C=O) groups excluding carboxylic acids is 1. The number of amides is 1. The molecule has 0 unspecified atom stereocenters. The Morgan fingerprint density at radius 2 is 1.78 bits per heavy atom. The van der Waals surface area contributed by atoms with Crippen LogP contribution in [0.25, 0.3) is 0 Å². The van der Waals surface area contributed by atoms with Crippen LogP contribution in [0, 0.1) is 6.92 Å². The molecule has 0 aliphatic rings. The molecule has 2 rings (SSSR count). The fraction of sp³-hybridized carbons (Fsp3) is 0.0667. The number of hydrogen-bond acceptors (Lipinski definition) is 4. The molecule has 0 saturated heterocycles. The van der Waals surface area contributed by atoms with Gasteiger partial charge in [0.05, 0.1) is 5.71 Å². The van der Waals surface area contributed by atoms with Crippen LogP contribution in [-0.2, 0) is 15.0 Å². The predicted octanol–water partition coefficient (Wildman–Crippen LogP) is 1.11. The standard InChI is InChI=1S/C15H16N4O3S/c1-11-4-2-3-5-14(11)15(18-17-10-20)12-6-8-13(9-7-12)19-23(16,21)22/h2-10,19H,1H3,(H,17,20)(H2,16,21,22)/b18-15-. The number of aryl methyl sites for hydroxylation is 1. The van der Waals surface area contributed by atoms with E-state index < -0.39 is 10.2 Å². The minimum absolute atomic E-state index is 0.337. The molecule has 7 nitrogen and oxygen atoms in total. The maximum Gasteiger partial charge on any atom is 0.296 e. The Morgan fingerprint density at radius 3 is 2.35 bits per heavy atom. The third-order valence-corrected chi connectivity index (χ3v) is 3.57. The molecule has 0 aliphatic heterocycles. The number of nitrogens with one attached hydrogen (secondary N) is 2. The SMILES string of the molecule is Cc1ccccc1/C(=N\NC=O)c1ccc(NS(N)(=O)=O)cc1. The summed E-state index contributed by atoms with van der Waals surface area (Å²) in [7, 11) is -3.82. The molecular weight excluding hydrogens is 316 g/mol. The van der Waals surface area contributed by atoms with Gasteiger partial charge in [-0.05, 0) is 24.6 Å². The molecule has 0 radical (unpaired) electrons. The molecule has 0 saturated carbocycles. The van der Waals surface area contributed by atoms with Crippen molar-refractivity contribution in [3.63, 3.8) is 0 Å². The molecule has 0 bridgehead atoms. The summed E-state index contributed by atoms with van der Waals surface area (Å²) in [5.74, 6) is 0. The molecule has 120 valence electrons. The summed E-state index contributed by atoms with van der Waals surface area (Å²) in [5, 5.41) is 9.01. The summed E-state index contributed by atoms with van der Waals surface area (Å²) in [5.41, 5.74) is 5.77. The topological polar surface area (TPSA) is 114 Å². The number of rotatable bonds is 6. The van der Waals surface area contributed by atoms with Gasteiger partial charge in [0.1, 0.15) is 0 Å². The number of nitrogens with zero attached hydrogens (tertiary/aromatic N) is 1. The minimum Gasteiger partial charge on any atom is -0.277 e. The smallest absolute Gasteiger partial charge is 0.277 e. The number of hydrazone groups is 1. The Labute approximate surface area is 134 Å². The van der Waals surface area contributed by atoms with Gasteiger partial charge in [0, 0.05) is 16.8 Å². The van der Waals surface area contributed by atoms with Crippen LogP contribution in [-0.4, -0.2) is 20.5 Å². The monoisotopic (exact) mass is 332 g/mol. The highest BCUT2D eigenvalue weighted by molar-refractivity contribution is 7.90. The first-order valence-electron chi connectivity index (χ1n) is 6.64. The average molecular weight is 332 g/mol. The van der Waals surface area contributed by atoms with E-state index in [1.54, 1.807) is 24.3 Å². The Bertz CT molecular complexity index is 830. The fourth-order valence-corrected chi connectivity index (χ4v) is 2.53. The van der Waals surface area contributed by atoms with Crippen LogP contribution in [0.15, 0.2) is 53.6 Å². The summed E-state index contributed by atoms with van der Waals surface area (Å²) in [6.07, 6.45) is 0.481. The molecule has 0 aliphatic carbocycles. The van der Waals surface area contributed by atoms with Crippen molar-refractivity contribution in [2.24, 2.45) is 10.2 Å². The molecule has 2 aromatic rings. The summed E-state index contributed by atoms with van der Waals surface area (Å²) in [4.78, 5) is 10.6. The van der Waals surface area contributed by atoms with Crippen molar-refractivity contribution in [2.45, 2.75) is 6.92 Å². The summed E-state index contributed by atoms with van der Waals surface area (Å²) in [6, 6.07) is 14.1. The van der Waals surface area contributed by atoms with Crippen molar-refractivity contribution < 1.29 is 13.2 Å². The lowest BCUT2D eigenvalue weighted by Crippen LogP contribution is -2.21. The van der Waals surface area contributed by atoms with Crippen LogP contribution in [0.3, 0.4) is 0 Å². The molecular formula is C15H16N4O3S. The first-order valence-corrected chi connectivity index (χ1v) is 8.19. The third kappa shape index (κ3) is 4.63. The zero-order valence-corrected chi connectivity index (χ0v) is 13.2. The number of nitrogens with two attached hydrogens (primary N) is 1. The molecule has 8 heteroatoms. The maximum atomic E-state index is 11.0. The first kappa shape index (κ1) is 16.7. The van der Waals surface area contributed by atoms with Gasteiger partial charge < -0.3 is 0 Å². The van der Waals surface area contributed by atoms with Crippen molar-refractivity contribution in [3.05, 3.63) is 65.2 Å². The number of anilines is 1. The van der Waals surface area contributed by atoms with Gasteiger partial charge in [0.25, 0.3) is 10.2 Å². The first-order chi connectivity index (χ1) is 10.9. The van der Waals surface area contributed by atoms with Gasteiger partial charge in [-0.15, -0.1) is 0 Å². The summed E-state index contributed by atoms with van der Waals surface area (Å²) >= 11 is 0. The van der Waals surface area contributed by atoms with Crippen LogP contribution < -0.4 is 15.3 Å². The lowest BCUT2D eigenvalue weighted by molar-refractivity contribution is -0.109. The van der Waals surface area contributed by atoms with Gasteiger partial charge in [-0.2, -0.15) is 13.5 Å². The highest BCUT2D eigenvalue weighted by Gasteiger charge is 2.10. The van der Waals surface area contributed by atoms with Crippen molar-refractivity contribution in [1.82, 2.24) is 5.43 Å². The summed E-state index contributed by atoms with van der Waals surface area (Å²) < 4.78 is 24.2. The molecule has 0 fully saturated rings. The average Bonchev–Trinajstić information content (AvgIpc) is 2.49. The van der Waals surface area contributed by atoms with E-state index in [0.717, 1.165) is 11.1 Å². The molecule has 0 atom stereocenters. The van der Waals surface area contributed by atoms with E-state index in [-0.39, 0.29) is 0 Å². The highest BCUT2D eigenvalue weighted by atomic mass is 32.2.